The SMILES string of the molecule is CC(C)(O/N=C(\C(=O)N[C@@H]1C(=O)N2C(c3nn[nH]n3)=C(C[n+]3ccccc3)CS[C@H]12)c1csc(N)n1)C(=O)O. The number of anilines is 1. The third-order valence-electron chi connectivity index (χ3n) is 5.90. The van der Waals surface area contributed by atoms with Crippen LogP contribution in [0.2, 0.25) is 0 Å². The summed E-state index contributed by atoms with van der Waals surface area (Å²) in [5, 5.41) is 31.3. The number of H-pyrrole nitrogens is 1. The number of aromatic nitrogens is 6. The van der Waals surface area contributed by atoms with Gasteiger partial charge in [-0.05, 0) is 19.1 Å². The number of pyridine rings is 1. The zero-order valence-corrected chi connectivity index (χ0v) is 22.3. The molecule has 1 fully saturated rings. The lowest BCUT2D eigenvalue weighted by Crippen LogP contribution is -2.70. The molecule has 0 saturated carbocycles. The number of aliphatic carboxylic acids is 1. The van der Waals surface area contributed by atoms with Crippen molar-refractivity contribution in [2.24, 2.45) is 5.16 Å². The number of hydrogen-bond acceptors (Lipinski definition) is 12. The molecule has 0 spiro atoms. The van der Waals surface area contributed by atoms with Crippen LogP contribution in [0.4, 0.5) is 5.13 Å². The number of carboxylic acids is 1. The summed E-state index contributed by atoms with van der Waals surface area (Å²) in [6.07, 6.45) is 3.83. The lowest BCUT2D eigenvalue weighted by Gasteiger charge is -2.49. The van der Waals surface area contributed by atoms with Crippen molar-refractivity contribution in [3.05, 3.63) is 53.1 Å². The van der Waals surface area contributed by atoms with Crippen LogP contribution in [0.25, 0.3) is 5.70 Å². The fraction of sp³-hybridized carbons (Fsp3) is 0.318. The number of nitrogens with two attached hydrogens (primary N) is 1. The lowest BCUT2D eigenvalue weighted by molar-refractivity contribution is -0.688. The van der Waals surface area contributed by atoms with Crippen molar-refractivity contribution in [2.75, 3.05) is 11.5 Å². The topological polar surface area (TPSA) is 206 Å². The summed E-state index contributed by atoms with van der Waals surface area (Å²) in [5.74, 6) is -1.60. The van der Waals surface area contributed by atoms with E-state index in [1.165, 1.54) is 31.0 Å². The summed E-state index contributed by atoms with van der Waals surface area (Å²) < 4.78 is 1.97. The van der Waals surface area contributed by atoms with Crippen molar-refractivity contribution in [2.45, 2.75) is 37.4 Å². The number of carbonyl (C=O) groups excluding carboxylic acids is 2. The number of carbonyl (C=O) groups is 3. The number of rotatable bonds is 9. The molecule has 0 aromatic carbocycles. The first-order valence-electron chi connectivity index (χ1n) is 11.5. The monoisotopic (exact) mass is 571 g/mol. The number of nitrogens with one attached hydrogen (secondary N) is 2. The van der Waals surface area contributed by atoms with Gasteiger partial charge in [-0.25, -0.2) is 14.3 Å². The zero-order valence-electron chi connectivity index (χ0n) is 20.6. The second-order valence-electron chi connectivity index (χ2n) is 9.01. The summed E-state index contributed by atoms with van der Waals surface area (Å²) in [4.78, 5) is 48.9. The molecule has 0 unspecified atom stereocenters. The van der Waals surface area contributed by atoms with Gasteiger partial charge in [-0.15, -0.1) is 33.3 Å². The summed E-state index contributed by atoms with van der Waals surface area (Å²) in [7, 11) is 0. The second kappa shape index (κ2) is 10.4. The van der Waals surface area contributed by atoms with E-state index in [1.54, 1.807) is 4.90 Å². The zero-order chi connectivity index (χ0) is 27.7. The minimum absolute atomic E-state index is 0.0886. The number of nitrogens with zero attached hydrogens (tertiary/aromatic N) is 7. The molecule has 0 bridgehead atoms. The number of nitrogen functional groups attached to an aromatic ring is 1. The lowest BCUT2D eigenvalue weighted by atomic mass is 10.0. The van der Waals surface area contributed by atoms with Gasteiger partial charge in [0, 0.05) is 28.8 Å². The standard InChI is InChI=1S/C22H22N10O5S2/c1-22(2,20(35)36)37-28-13(12-10-39-21(23)24-12)17(33)25-14-18(34)32-15(16-26-29-30-27-16)11(9-38-19(14)32)8-31-6-4-3-5-7-31/h3-7,10,14,19H,8-9H2,1-2H3,(H4-,23,24,25,26,27,29,30,33,35,36)/p+1/b28-13-/t14-,19-/m1/s1. The highest BCUT2D eigenvalue weighted by Crippen LogP contribution is 2.43. The van der Waals surface area contributed by atoms with Gasteiger partial charge in [-0.3, -0.25) is 14.5 Å². The number of tetrazole rings is 1. The predicted molar refractivity (Wildman–Crippen MR) is 139 cm³/mol. The minimum atomic E-state index is -1.72. The summed E-state index contributed by atoms with van der Waals surface area (Å²) >= 11 is 2.55. The molecule has 3 aromatic rings. The van der Waals surface area contributed by atoms with E-state index in [-0.39, 0.29) is 28.3 Å². The van der Waals surface area contributed by atoms with E-state index in [9.17, 15) is 19.5 Å². The van der Waals surface area contributed by atoms with E-state index in [1.807, 2.05) is 35.2 Å². The van der Waals surface area contributed by atoms with Gasteiger partial charge < -0.3 is 21.0 Å². The number of oxime groups is 1. The highest BCUT2D eigenvalue weighted by atomic mass is 32.2. The van der Waals surface area contributed by atoms with E-state index in [2.05, 4.69) is 36.1 Å². The van der Waals surface area contributed by atoms with Crippen molar-refractivity contribution in [3.8, 4) is 0 Å². The van der Waals surface area contributed by atoms with Gasteiger partial charge in [-0.2, -0.15) is 5.21 Å². The smallest absolute Gasteiger partial charge is 0.350 e. The number of amides is 2. The van der Waals surface area contributed by atoms with Gasteiger partial charge in [0.25, 0.3) is 11.8 Å². The van der Waals surface area contributed by atoms with Crippen molar-refractivity contribution >= 4 is 57.4 Å². The summed E-state index contributed by atoms with van der Waals surface area (Å²) in [6.45, 7) is 3.07. The number of thiazole rings is 1. The Morgan fingerprint density at radius 1 is 1.36 bits per heavy atom. The number of thioether (sulfide) groups is 1. The predicted octanol–water partition coefficient (Wildman–Crippen LogP) is -0.379. The fourth-order valence-corrected chi connectivity index (χ4v) is 5.73. The Balaban J connectivity index is 1.39. The summed E-state index contributed by atoms with van der Waals surface area (Å²) in [5.41, 5.74) is 5.23. The van der Waals surface area contributed by atoms with Gasteiger partial charge in [-0.1, -0.05) is 11.2 Å². The third kappa shape index (κ3) is 5.17. The van der Waals surface area contributed by atoms with E-state index >= 15 is 0 Å². The van der Waals surface area contributed by atoms with Gasteiger partial charge >= 0.3 is 5.97 Å². The molecule has 1 saturated heterocycles. The average molecular weight is 572 g/mol. The minimum Gasteiger partial charge on any atom is -0.478 e. The van der Waals surface area contributed by atoms with Crippen LogP contribution in [-0.2, 0) is 25.8 Å². The maximum absolute atomic E-state index is 13.4. The quantitative estimate of drug-likeness (QED) is 0.113. The van der Waals surface area contributed by atoms with E-state index in [4.69, 9.17) is 10.6 Å². The van der Waals surface area contributed by atoms with Crippen LogP contribution in [0, 0.1) is 0 Å². The molecule has 0 aliphatic carbocycles. The second-order valence-corrected chi connectivity index (χ2v) is 11.0. The number of hydrogen-bond donors (Lipinski definition) is 4. The molecule has 17 heteroatoms. The number of carboxylic acid groups (broad SMARTS) is 1. The Kier molecular flexibility index (Phi) is 7.00. The van der Waals surface area contributed by atoms with Crippen molar-refractivity contribution < 1.29 is 28.9 Å². The molecule has 2 aliphatic heterocycles. The average Bonchev–Trinajstić information content (AvgIpc) is 3.60. The van der Waals surface area contributed by atoms with Gasteiger partial charge in [0.15, 0.2) is 29.8 Å². The Morgan fingerprint density at radius 2 is 2.13 bits per heavy atom. The molecule has 5 rings (SSSR count). The van der Waals surface area contributed by atoms with Crippen LogP contribution in [0.15, 0.2) is 46.7 Å². The molecule has 0 radical (unpaired) electrons. The third-order valence-corrected chi connectivity index (χ3v) is 7.92. The van der Waals surface area contributed by atoms with E-state index < -0.39 is 28.9 Å². The first kappa shape index (κ1) is 26.2. The molecular weight excluding hydrogens is 548 g/mol. The fourth-order valence-electron chi connectivity index (χ4n) is 3.85. The van der Waals surface area contributed by atoms with Gasteiger partial charge in [0.2, 0.25) is 11.4 Å². The molecule has 202 valence electrons. The molecule has 2 amide bonds. The van der Waals surface area contributed by atoms with Crippen LogP contribution in [0.1, 0.15) is 25.4 Å². The van der Waals surface area contributed by atoms with Crippen molar-refractivity contribution in [1.82, 2.24) is 35.8 Å². The van der Waals surface area contributed by atoms with Crippen molar-refractivity contribution in [1.29, 1.82) is 0 Å². The Morgan fingerprint density at radius 3 is 2.77 bits per heavy atom. The van der Waals surface area contributed by atoms with E-state index in [0.29, 0.717) is 18.0 Å². The molecule has 39 heavy (non-hydrogen) atoms. The molecule has 5 heterocycles. The highest BCUT2D eigenvalue weighted by Gasteiger charge is 2.54. The molecule has 2 atom stereocenters. The van der Waals surface area contributed by atoms with Crippen LogP contribution in [0.5, 0.6) is 0 Å². The Hall–Kier alpha value is -4.38. The van der Waals surface area contributed by atoms with Gasteiger partial charge in [0.1, 0.15) is 17.1 Å². The maximum Gasteiger partial charge on any atom is 0.350 e. The summed E-state index contributed by atoms with van der Waals surface area (Å²) in [6, 6.07) is 4.83. The first-order valence-corrected chi connectivity index (χ1v) is 13.4. The number of fused-ring (bicyclic) bond motifs is 1. The molecular formula is C22H23N10O5S2+. The Bertz CT molecular complexity index is 1470. The number of aromatic amines is 1. The Labute approximate surface area is 229 Å². The van der Waals surface area contributed by atoms with Crippen molar-refractivity contribution in [3.63, 3.8) is 0 Å². The van der Waals surface area contributed by atoms with Crippen LogP contribution in [-0.4, -0.2) is 81.9 Å². The van der Waals surface area contributed by atoms with Crippen LogP contribution in [0.3, 0.4) is 0 Å². The van der Waals surface area contributed by atoms with Crippen LogP contribution < -0.4 is 15.6 Å². The highest BCUT2D eigenvalue weighted by molar-refractivity contribution is 8.00. The van der Waals surface area contributed by atoms with E-state index in [0.717, 1.165) is 16.9 Å². The maximum atomic E-state index is 13.4. The molecule has 3 aromatic heterocycles. The molecule has 5 N–H and O–H groups in total. The molecule has 2 aliphatic rings. The normalized spacial score (nSPS) is 19.4. The van der Waals surface area contributed by atoms with Gasteiger partial charge in [0.05, 0.1) is 5.70 Å². The first-order chi connectivity index (χ1) is 18.7. The number of β-lactam (4-membered cyclic amide) rings is 1. The largest absolute Gasteiger partial charge is 0.478 e. The molecule has 15 nitrogen and oxygen atoms in total. The van der Waals surface area contributed by atoms with Crippen LogP contribution >= 0.6 is 23.1 Å².